The lowest BCUT2D eigenvalue weighted by atomic mass is 10.1. The number of amides is 1. The number of aryl methyl sites for hydroxylation is 1. The summed E-state index contributed by atoms with van der Waals surface area (Å²) in [4.78, 5) is 27.2. The highest BCUT2D eigenvalue weighted by Crippen LogP contribution is 2.24. The number of hydrogen-bond acceptors (Lipinski definition) is 6. The van der Waals surface area contributed by atoms with Gasteiger partial charge in [0.05, 0.1) is 16.4 Å². The van der Waals surface area contributed by atoms with E-state index in [0.717, 1.165) is 6.54 Å². The summed E-state index contributed by atoms with van der Waals surface area (Å²) in [7, 11) is 0.714. The number of carbonyl (C=O) groups excluding carboxylic acids is 1. The Bertz CT molecular complexity index is 792. The summed E-state index contributed by atoms with van der Waals surface area (Å²) in [5, 5.41) is 11.2. The monoisotopic (exact) mass is 383 g/mol. The van der Waals surface area contributed by atoms with Crippen molar-refractivity contribution in [2.45, 2.75) is 25.8 Å². The third-order valence-corrected chi connectivity index (χ3v) is 6.32. The molecule has 1 aliphatic rings. The van der Waals surface area contributed by atoms with Gasteiger partial charge in [-0.3, -0.25) is 14.9 Å². The fourth-order valence-electron chi connectivity index (χ4n) is 3.13. The molecule has 26 heavy (non-hydrogen) atoms. The van der Waals surface area contributed by atoms with Crippen molar-refractivity contribution in [3.05, 3.63) is 39.4 Å². The van der Waals surface area contributed by atoms with E-state index in [-0.39, 0.29) is 34.7 Å². The topological polar surface area (TPSA) is 101 Å². The molecule has 8 nitrogen and oxygen atoms in total. The van der Waals surface area contributed by atoms with Crippen LogP contribution >= 0.6 is 0 Å². The van der Waals surface area contributed by atoms with Gasteiger partial charge in [-0.1, -0.05) is 6.07 Å². The van der Waals surface area contributed by atoms with Crippen LogP contribution in [0.5, 0.6) is 0 Å². The maximum absolute atomic E-state index is 13.0. The molecule has 0 aliphatic carbocycles. The fourth-order valence-corrected chi connectivity index (χ4v) is 4.86. The maximum atomic E-state index is 13.0. The first kappa shape index (κ1) is 20.3. The second-order valence-corrected chi connectivity index (χ2v) is 9.20. The van der Waals surface area contributed by atoms with Crippen molar-refractivity contribution < 1.29 is 18.1 Å². The third kappa shape index (κ3) is 5.01. The molecular weight excluding hydrogens is 358 g/mol. The predicted molar refractivity (Wildman–Crippen MR) is 99.1 cm³/mol. The van der Waals surface area contributed by atoms with E-state index in [9.17, 15) is 23.3 Å². The summed E-state index contributed by atoms with van der Waals surface area (Å²) in [5.74, 6) is -0.327. The molecule has 1 aromatic carbocycles. The molecule has 1 aromatic rings. The molecule has 1 amide bonds. The quantitative estimate of drug-likeness (QED) is 0.522. The van der Waals surface area contributed by atoms with Gasteiger partial charge in [-0.2, -0.15) is 0 Å². The van der Waals surface area contributed by atoms with Crippen molar-refractivity contribution in [2.75, 3.05) is 38.7 Å². The fraction of sp³-hybridized carbons (Fsp3) is 0.588. The first-order valence-electron chi connectivity index (χ1n) is 8.52. The Labute approximate surface area is 153 Å². The SMILES string of the molecule is Cc1ccc(C(=O)N(CCCN(C)C)C2CCS(=O)(=O)C2)cc1[N+](=O)[O-]. The first-order valence-corrected chi connectivity index (χ1v) is 10.3. The van der Waals surface area contributed by atoms with Gasteiger partial charge in [-0.25, -0.2) is 8.42 Å². The van der Waals surface area contributed by atoms with Gasteiger partial charge in [-0.05, 0) is 46.5 Å². The van der Waals surface area contributed by atoms with E-state index in [2.05, 4.69) is 0 Å². The van der Waals surface area contributed by atoms with Crippen LogP contribution in [0.1, 0.15) is 28.8 Å². The van der Waals surface area contributed by atoms with E-state index in [0.29, 0.717) is 24.9 Å². The highest BCUT2D eigenvalue weighted by Gasteiger charge is 2.35. The molecule has 1 heterocycles. The summed E-state index contributed by atoms with van der Waals surface area (Å²) in [6.07, 6.45) is 1.10. The van der Waals surface area contributed by atoms with Gasteiger partial charge in [0.15, 0.2) is 9.84 Å². The van der Waals surface area contributed by atoms with Crippen LogP contribution in [0.25, 0.3) is 0 Å². The van der Waals surface area contributed by atoms with Crippen molar-refractivity contribution in [3.8, 4) is 0 Å². The molecule has 1 atom stereocenters. The lowest BCUT2D eigenvalue weighted by molar-refractivity contribution is -0.385. The molecule has 1 unspecified atom stereocenters. The van der Waals surface area contributed by atoms with E-state index >= 15 is 0 Å². The number of nitrogens with zero attached hydrogens (tertiary/aromatic N) is 3. The second kappa shape index (κ2) is 8.13. The zero-order chi connectivity index (χ0) is 19.5. The lowest BCUT2D eigenvalue weighted by Crippen LogP contribution is -2.42. The largest absolute Gasteiger partial charge is 0.335 e. The molecule has 1 fully saturated rings. The Balaban J connectivity index is 2.27. The summed E-state index contributed by atoms with van der Waals surface area (Å²) >= 11 is 0. The zero-order valence-corrected chi connectivity index (χ0v) is 16.2. The normalized spacial score (nSPS) is 18.8. The van der Waals surface area contributed by atoms with Gasteiger partial charge in [0.25, 0.3) is 11.6 Å². The molecule has 144 valence electrons. The zero-order valence-electron chi connectivity index (χ0n) is 15.3. The van der Waals surface area contributed by atoms with E-state index in [4.69, 9.17) is 0 Å². The summed E-state index contributed by atoms with van der Waals surface area (Å²) < 4.78 is 23.7. The van der Waals surface area contributed by atoms with Gasteiger partial charge < -0.3 is 9.80 Å². The average Bonchev–Trinajstić information content (AvgIpc) is 2.90. The third-order valence-electron chi connectivity index (χ3n) is 4.57. The van der Waals surface area contributed by atoms with Crippen molar-refractivity contribution >= 4 is 21.4 Å². The summed E-state index contributed by atoms with van der Waals surface area (Å²) in [6.45, 7) is 2.79. The standard InChI is InChI=1S/C17H25N3O5S/c1-13-5-6-14(11-16(13)20(22)23)17(21)19(9-4-8-18(2)3)15-7-10-26(24,25)12-15/h5-6,11,15H,4,7-10,12H2,1-3H3. The number of nitro groups is 1. The minimum atomic E-state index is -3.14. The van der Waals surface area contributed by atoms with E-state index in [1.54, 1.807) is 24.0 Å². The molecule has 0 spiro atoms. The molecule has 0 radical (unpaired) electrons. The van der Waals surface area contributed by atoms with Crippen molar-refractivity contribution in [1.29, 1.82) is 0 Å². The van der Waals surface area contributed by atoms with Crippen molar-refractivity contribution in [2.24, 2.45) is 0 Å². The summed E-state index contributed by atoms with van der Waals surface area (Å²) in [6, 6.07) is 4.01. The molecular formula is C17H25N3O5S. The van der Waals surface area contributed by atoms with E-state index in [1.165, 1.54) is 6.07 Å². The van der Waals surface area contributed by atoms with Crippen molar-refractivity contribution in [1.82, 2.24) is 9.80 Å². The molecule has 0 bridgehead atoms. The molecule has 1 aliphatic heterocycles. The number of hydrogen-bond donors (Lipinski definition) is 0. The van der Waals surface area contributed by atoms with Gasteiger partial charge in [0.2, 0.25) is 0 Å². The van der Waals surface area contributed by atoms with Crippen LogP contribution in [0.15, 0.2) is 18.2 Å². The molecule has 0 N–H and O–H groups in total. The number of sulfone groups is 1. The second-order valence-electron chi connectivity index (χ2n) is 6.97. The maximum Gasteiger partial charge on any atom is 0.273 e. The lowest BCUT2D eigenvalue weighted by Gasteiger charge is -2.29. The minimum absolute atomic E-state index is 0.0470. The van der Waals surface area contributed by atoms with Crippen LogP contribution in [0.2, 0.25) is 0 Å². The summed E-state index contributed by atoms with van der Waals surface area (Å²) in [5.41, 5.74) is 0.591. The Kier molecular flexibility index (Phi) is 6.35. The van der Waals surface area contributed by atoms with E-state index < -0.39 is 14.8 Å². The predicted octanol–water partition coefficient (Wildman–Crippen LogP) is 1.48. The molecule has 2 rings (SSSR count). The Morgan fingerprint density at radius 2 is 2.00 bits per heavy atom. The average molecular weight is 383 g/mol. The first-order chi connectivity index (χ1) is 12.1. The Morgan fingerprint density at radius 3 is 2.54 bits per heavy atom. The van der Waals surface area contributed by atoms with Crippen molar-refractivity contribution in [3.63, 3.8) is 0 Å². The van der Waals surface area contributed by atoms with Crippen LogP contribution in [-0.4, -0.2) is 73.8 Å². The highest BCUT2D eigenvalue weighted by atomic mass is 32.2. The van der Waals surface area contributed by atoms with Crippen LogP contribution in [0.3, 0.4) is 0 Å². The Morgan fingerprint density at radius 1 is 1.31 bits per heavy atom. The minimum Gasteiger partial charge on any atom is -0.335 e. The molecule has 1 saturated heterocycles. The van der Waals surface area contributed by atoms with Crippen LogP contribution in [0, 0.1) is 17.0 Å². The molecule has 0 aromatic heterocycles. The van der Waals surface area contributed by atoms with Gasteiger partial charge in [0.1, 0.15) is 0 Å². The van der Waals surface area contributed by atoms with Gasteiger partial charge in [-0.15, -0.1) is 0 Å². The van der Waals surface area contributed by atoms with Crippen LogP contribution in [0.4, 0.5) is 5.69 Å². The van der Waals surface area contributed by atoms with Gasteiger partial charge in [0, 0.05) is 29.8 Å². The number of benzene rings is 1. The number of rotatable bonds is 7. The highest BCUT2D eigenvalue weighted by molar-refractivity contribution is 7.91. The molecule has 0 saturated carbocycles. The van der Waals surface area contributed by atoms with Gasteiger partial charge >= 0.3 is 0 Å². The number of nitro benzene ring substituents is 1. The smallest absolute Gasteiger partial charge is 0.273 e. The van der Waals surface area contributed by atoms with Crippen LogP contribution < -0.4 is 0 Å². The Hall–Kier alpha value is -2.00. The van der Waals surface area contributed by atoms with E-state index in [1.807, 2.05) is 19.0 Å². The molecule has 9 heteroatoms. The number of carbonyl (C=O) groups is 1. The van der Waals surface area contributed by atoms with Crippen LogP contribution in [-0.2, 0) is 9.84 Å².